The molecule has 0 heterocycles. The van der Waals surface area contributed by atoms with Gasteiger partial charge < -0.3 is 20.3 Å². The lowest BCUT2D eigenvalue weighted by Gasteiger charge is -2.19. The molecule has 0 bridgehead atoms. The predicted molar refractivity (Wildman–Crippen MR) is 82.9 cm³/mol. The number of phenolic OH excluding ortho intramolecular Hbond substituents is 1. The molecule has 0 spiro atoms. The summed E-state index contributed by atoms with van der Waals surface area (Å²) in [7, 11) is 1.62. The van der Waals surface area contributed by atoms with Crippen molar-refractivity contribution in [2.45, 2.75) is 19.4 Å². The molecule has 2 aromatic rings. The van der Waals surface area contributed by atoms with Gasteiger partial charge in [-0.25, -0.2) is 0 Å². The molecule has 4 heteroatoms. The van der Waals surface area contributed by atoms with Crippen LogP contribution < -0.4 is 15.2 Å². The lowest BCUT2D eigenvalue weighted by Crippen LogP contribution is -2.07. The van der Waals surface area contributed by atoms with Crippen LogP contribution >= 0.6 is 0 Å². The number of ether oxygens (including phenoxy) is 2. The van der Waals surface area contributed by atoms with E-state index in [-0.39, 0.29) is 11.9 Å². The van der Waals surface area contributed by atoms with Crippen molar-refractivity contribution in [3.8, 4) is 17.2 Å². The minimum absolute atomic E-state index is 0.224. The maximum absolute atomic E-state index is 9.90. The molecule has 3 N–H and O–H groups in total. The molecule has 4 nitrogen and oxygen atoms in total. The van der Waals surface area contributed by atoms with Crippen molar-refractivity contribution in [1.29, 1.82) is 0 Å². The summed E-state index contributed by atoms with van der Waals surface area (Å²) < 4.78 is 11.4. The molecule has 2 rings (SSSR count). The van der Waals surface area contributed by atoms with Gasteiger partial charge in [0.1, 0.15) is 11.9 Å². The Labute approximate surface area is 125 Å². The molecule has 0 saturated carbocycles. The van der Waals surface area contributed by atoms with Gasteiger partial charge in [0.2, 0.25) is 0 Å². The van der Waals surface area contributed by atoms with Crippen LogP contribution in [0.1, 0.15) is 24.2 Å². The van der Waals surface area contributed by atoms with Crippen LogP contribution in [0.5, 0.6) is 17.2 Å². The van der Waals surface area contributed by atoms with Gasteiger partial charge in [0.05, 0.1) is 7.11 Å². The largest absolute Gasteiger partial charge is 0.508 e. The monoisotopic (exact) mass is 287 g/mol. The van der Waals surface area contributed by atoms with Crippen LogP contribution in [0.3, 0.4) is 0 Å². The Kier molecular flexibility index (Phi) is 5.06. The molecule has 0 aliphatic carbocycles. The van der Waals surface area contributed by atoms with Crippen LogP contribution in [0, 0.1) is 0 Å². The Bertz CT molecular complexity index is 598. The fourth-order valence-corrected chi connectivity index (χ4v) is 2.32. The average molecular weight is 287 g/mol. The first-order valence-corrected chi connectivity index (χ1v) is 6.97. The number of methoxy groups -OCH3 is 1. The topological polar surface area (TPSA) is 64.7 Å². The standard InChI is InChI=1S/C17H21NO3/c1-12(14-7-3-4-8-15(14)19)21-16-9-5-6-13(10-11-18)17(16)20-2/h3-9,12,19H,10-11,18H2,1-2H3. The van der Waals surface area contributed by atoms with Crippen molar-refractivity contribution >= 4 is 0 Å². The molecule has 0 aromatic heterocycles. The maximum atomic E-state index is 9.90. The Hall–Kier alpha value is -2.20. The Balaban J connectivity index is 2.27. The summed E-state index contributed by atoms with van der Waals surface area (Å²) in [5.41, 5.74) is 7.37. The number of nitrogens with two attached hydrogens (primary N) is 1. The number of phenols is 1. The molecular weight excluding hydrogens is 266 g/mol. The minimum Gasteiger partial charge on any atom is -0.508 e. The fourth-order valence-electron chi connectivity index (χ4n) is 2.32. The molecule has 1 atom stereocenters. The molecule has 2 aromatic carbocycles. The van der Waals surface area contributed by atoms with E-state index >= 15 is 0 Å². The van der Waals surface area contributed by atoms with Gasteiger partial charge in [-0.2, -0.15) is 0 Å². The van der Waals surface area contributed by atoms with E-state index < -0.39 is 0 Å². The molecule has 0 aliphatic rings. The molecule has 0 aliphatic heterocycles. The van der Waals surface area contributed by atoms with Gasteiger partial charge in [-0.1, -0.05) is 30.3 Å². The Morgan fingerprint density at radius 1 is 1.14 bits per heavy atom. The summed E-state index contributed by atoms with van der Waals surface area (Å²) in [6.07, 6.45) is 0.443. The zero-order valence-corrected chi connectivity index (χ0v) is 12.4. The quantitative estimate of drug-likeness (QED) is 0.857. The van der Waals surface area contributed by atoms with Crippen molar-refractivity contribution in [3.63, 3.8) is 0 Å². The molecule has 21 heavy (non-hydrogen) atoms. The lowest BCUT2D eigenvalue weighted by molar-refractivity contribution is 0.211. The second kappa shape index (κ2) is 6.99. The molecule has 0 radical (unpaired) electrons. The summed E-state index contributed by atoms with van der Waals surface area (Å²) in [5.74, 6) is 1.58. The Morgan fingerprint density at radius 3 is 2.57 bits per heavy atom. The first kappa shape index (κ1) is 15.2. The first-order chi connectivity index (χ1) is 10.2. The number of aromatic hydroxyl groups is 1. The van der Waals surface area contributed by atoms with E-state index in [1.807, 2.05) is 37.3 Å². The minimum atomic E-state index is -0.284. The summed E-state index contributed by atoms with van der Waals surface area (Å²) in [4.78, 5) is 0. The van der Waals surface area contributed by atoms with Crippen LogP contribution in [0.15, 0.2) is 42.5 Å². The van der Waals surface area contributed by atoms with E-state index in [0.29, 0.717) is 18.0 Å². The van der Waals surface area contributed by atoms with E-state index in [9.17, 15) is 5.11 Å². The van der Waals surface area contributed by atoms with Crippen LogP contribution in [0.4, 0.5) is 0 Å². The van der Waals surface area contributed by atoms with E-state index in [0.717, 1.165) is 17.5 Å². The zero-order valence-electron chi connectivity index (χ0n) is 12.4. The summed E-state index contributed by atoms with van der Waals surface area (Å²) in [5, 5.41) is 9.90. The van der Waals surface area contributed by atoms with Crippen molar-refractivity contribution in [3.05, 3.63) is 53.6 Å². The third-order valence-electron chi connectivity index (χ3n) is 3.36. The third-order valence-corrected chi connectivity index (χ3v) is 3.36. The van der Waals surface area contributed by atoms with Gasteiger partial charge in [0.25, 0.3) is 0 Å². The molecule has 0 amide bonds. The third kappa shape index (κ3) is 3.47. The zero-order chi connectivity index (χ0) is 15.2. The first-order valence-electron chi connectivity index (χ1n) is 6.97. The SMILES string of the molecule is COc1c(CCN)cccc1OC(C)c1ccccc1O. The van der Waals surface area contributed by atoms with Crippen molar-refractivity contribution in [1.82, 2.24) is 0 Å². The van der Waals surface area contributed by atoms with Crippen molar-refractivity contribution < 1.29 is 14.6 Å². The lowest BCUT2D eigenvalue weighted by atomic mass is 10.1. The van der Waals surface area contributed by atoms with Gasteiger partial charge >= 0.3 is 0 Å². The van der Waals surface area contributed by atoms with Gasteiger partial charge in [0.15, 0.2) is 11.5 Å². The number of para-hydroxylation sites is 2. The molecular formula is C17H21NO3. The van der Waals surface area contributed by atoms with E-state index in [1.54, 1.807) is 19.2 Å². The fraction of sp³-hybridized carbons (Fsp3) is 0.294. The van der Waals surface area contributed by atoms with E-state index in [2.05, 4.69) is 0 Å². The smallest absolute Gasteiger partial charge is 0.163 e. The van der Waals surface area contributed by atoms with E-state index in [4.69, 9.17) is 15.2 Å². The normalized spacial score (nSPS) is 12.0. The van der Waals surface area contributed by atoms with Crippen LogP contribution in [0.25, 0.3) is 0 Å². The van der Waals surface area contributed by atoms with Crippen LogP contribution in [-0.2, 0) is 6.42 Å². The maximum Gasteiger partial charge on any atom is 0.163 e. The van der Waals surface area contributed by atoms with Crippen LogP contribution in [0.2, 0.25) is 0 Å². The molecule has 1 unspecified atom stereocenters. The molecule has 112 valence electrons. The number of benzene rings is 2. The van der Waals surface area contributed by atoms with Crippen molar-refractivity contribution in [2.24, 2.45) is 5.73 Å². The molecule has 0 fully saturated rings. The van der Waals surface area contributed by atoms with E-state index in [1.165, 1.54) is 0 Å². The Morgan fingerprint density at radius 2 is 1.90 bits per heavy atom. The van der Waals surface area contributed by atoms with Gasteiger partial charge in [-0.3, -0.25) is 0 Å². The molecule has 0 saturated heterocycles. The summed E-state index contributed by atoms with van der Waals surface area (Å²) in [6, 6.07) is 12.9. The summed E-state index contributed by atoms with van der Waals surface area (Å²) in [6.45, 7) is 2.44. The highest BCUT2D eigenvalue weighted by atomic mass is 16.5. The highest BCUT2D eigenvalue weighted by molar-refractivity contribution is 5.47. The van der Waals surface area contributed by atoms with Crippen molar-refractivity contribution in [2.75, 3.05) is 13.7 Å². The van der Waals surface area contributed by atoms with Gasteiger partial charge in [-0.15, -0.1) is 0 Å². The number of rotatable bonds is 6. The number of hydrogen-bond donors (Lipinski definition) is 2. The van der Waals surface area contributed by atoms with Gasteiger partial charge in [-0.05, 0) is 37.6 Å². The highest BCUT2D eigenvalue weighted by Crippen LogP contribution is 2.35. The van der Waals surface area contributed by atoms with Gasteiger partial charge in [0, 0.05) is 5.56 Å². The highest BCUT2D eigenvalue weighted by Gasteiger charge is 2.15. The summed E-state index contributed by atoms with van der Waals surface area (Å²) >= 11 is 0. The second-order valence-electron chi connectivity index (χ2n) is 4.81. The number of hydrogen-bond acceptors (Lipinski definition) is 4. The predicted octanol–water partition coefficient (Wildman–Crippen LogP) is 3.04. The average Bonchev–Trinajstić information content (AvgIpc) is 2.48. The van der Waals surface area contributed by atoms with Crippen LogP contribution in [-0.4, -0.2) is 18.8 Å². The second-order valence-corrected chi connectivity index (χ2v) is 4.81.